The maximum atomic E-state index is 11.8. The molecule has 2 amide bonds. The number of hydrogen-bond donors (Lipinski definition) is 3. The van der Waals surface area contributed by atoms with E-state index >= 15 is 0 Å². The topological polar surface area (TPSA) is 131 Å². The Morgan fingerprint density at radius 2 is 1.46 bits per heavy atom. The van der Waals surface area contributed by atoms with Crippen molar-refractivity contribution < 1.29 is 33.8 Å². The van der Waals surface area contributed by atoms with Crippen LogP contribution in [0.1, 0.15) is 48.0 Å². The van der Waals surface area contributed by atoms with Gasteiger partial charge in [0.15, 0.2) is 0 Å². The van der Waals surface area contributed by atoms with Crippen molar-refractivity contribution >= 4 is 23.9 Å². The maximum Gasteiger partial charge on any atom is 0.408 e. The second-order valence-electron chi connectivity index (χ2n) is 7.04. The summed E-state index contributed by atoms with van der Waals surface area (Å²) in [4.78, 5) is 46.0. The second-order valence-corrected chi connectivity index (χ2v) is 7.04. The molecule has 24 heavy (non-hydrogen) atoms. The first-order valence-corrected chi connectivity index (χ1v) is 7.43. The highest BCUT2D eigenvalue weighted by atomic mass is 16.6. The zero-order valence-corrected chi connectivity index (χ0v) is 14.9. The van der Waals surface area contributed by atoms with Gasteiger partial charge in [-0.05, 0) is 41.5 Å². The number of ether oxygens (including phenoxy) is 2. The predicted octanol–water partition coefficient (Wildman–Crippen LogP) is 0.812. The maximum absolute atomic E-state index is 11.8. The smallest absolute Gasteiger partial charge is 0.408 e. The Morgan fingerprint density at radius 1 is 0.958 bits per heavy atom. The summed E-state index contributed by atoms with van der Waals surface area (Å²) in [6.45, 7) is 9.79. The number of carbonyl (C=O) groups is 4. The summed E-state index contributed by atoms with van der Waals surface area (Å²) >= 11 is 0. The number of esters is 1. The van der Waals surface area contributed by atoms with E-state index in [2.05, 4.69) is 5.32 Å². The lowest BCUT2D eigenvalue weighted by Crippen LogP contribution is -2.52. The largest absolute Gasteiger partial charge is 0.479 e. The summed E-state index contributed by atoms with van der Waals surface area (Å²) in [6, 6.07) is -1.82. The van der Waals surface area contributed by atoms with Gasteiger partial charge in [-0.2, -0.15) is 0 Å². The molecule has 3 N–H and O–H groups in total. The third-order valence-electron chi connectivity index (χ3n) is 2.22. The van der Waals surface area contributed by atoms with E-state index < -0.39 is 41.2 Å². The number of carboxylic acids is 1. The molecule has 0 bridgehead atoms. The fourth-order valence-electron chi connectivity index (χ4n) is 1.45. The van der Waals surface area contributed by atoms with E-state index in [1.807, 2.05) is 5.32 Å². The molecule has 0 aliphatic heterocycles. The average Bonchev–Trinajstić information content (AvgIpc) is 2.30. The van der Waals surface area contributed by atoms with Gasteiger partial charge in [0.05, 0.1) is 6.42 Å². The molecule has 9 heteroatoms. The van der Waals surface area contributed by atoms with Crippen molar-refractivity contribution in [3.8, 4) is 0 Å². The number of nitrogens with one attached hydrogen (secondary N) is 2. The fourth-order valence-corrected chi connectivity index (χ4v) is 1.45. The first kappa shape index (κ1) is 21.7. The van der Waals surface area contributed by atoms with Gasteiger partial charge < -0.3 is 19.9 Å². The van der Waals surface area contributed by atoms with Gasteiger partial charge in [-0.15, -0.1) is 0 Å². The summed E-state index contributed by atoms with van der Waals surface area (Å²) in [5, 5.41) is 13.2. The van der Waals surface area contributed by atoms with Gasteiger partial charge >= 0.3 is 18.0 Å². The van der Waals surface area contributed by atoms with Gasteiger partial charge in [-0.1, -0.05) is 0 Å². The van der Waals surface area contributed by atoms with Gasteiger partial charge in [0.25, 0.3) is 5.91 Å². The Bertz CT molecular complexity index is 489. The minimum absolute atomic E-state index is 0.118. The highest BCUT2D eigenvalue weighted by Crippen LogP contribution is 2.08. The van der Waals surface area contributed by atoms with E-state index in [-0.39, 0.29) is 13.0 Å². The monoisotopic (exact) mass is 346 g/mol. The first-order chi connectivity index (χ1) is 10.7. The quantitative estimate of drug-likeness (QED) is 0.479. The van der Waals surface area contributed by atoms with E-state index in [1.165, 1.54) is 0 Å². The molecule has 9 nitrogen and oxygen atoms in total. The van der Waals surface area contributed by atoms with Gasteiger partial charge in [-0.3, -0.25) is 14.9 Å². The Hall–Kier alpha value is -2.32. The van der Waals surface area contributed by atoms with Crippen molar-refractivity contribution in [3.05, 3.63) is 0 Å². The molecule has 0 unspecified atom stereocenters. The zero-order chi connectivity index (χ0) is 19.1. The van der Waals surface area contributed by atoms with Crippen molar-refractivity contribution in [1.82, 2.24) is 10.6 Å². The Balaban J connectivity index is 4.48. The highest BCUT2D eigenvalue weighted by molar-refractivity contribution is 6.03. The van der Waals surface area contributed by atoms with Crippen LogP contribution in [0.3, 0.4) is 0 Å². The molecular formula is C15H26N2O7. The molecule has 0 aromatic rings. The number of alkyl carbamates (subject to hydrolysis) is 1. The van der Waals surface area contributed by atoms with Crippen LogP contribution < -0.4 is 10.6 Å². The van der Waals surface area contributed by atoms with E-state index in [0.29, 0.717) is 0 Å². The number of amides is 2. The Kier molecular flexibility index (Phi) is 7.69. The van der Waals surface area contributed by atoms with Crippen LogP contribution in [-0.4, -0.2) is 52.8 Å². The molecule has 0 heterocycles. The minimum atomic E-state index is -1.82. The Morgan fingerprint density at radius 3 is 1.88 bits per heavy atom. The predicted molar refractivity (Wildman–Crippen MR) is 84.3 cm³/mol. The van der Waals surface area contributed by atoms with Crippen LogP contribution in [0, 0.1) is 0 Å². The van der Waals surface area contributed by atoms with Crippen LogP contribution in [-0.2, 0) is 23.9 Å². The molecule has 0 spiro atoms. The summed E-state index contributed by atoms with van der Waals surface area (Å²) in [7, 11) is 0. The molecule has 0 aliphatic rings. The summed E-state index contributed by atoms with van der Waals surface area (Å²) < 4.78 is 9.95. The number of carboxylic acid groups (broad SMARTS) is 1. The molecule has 138 valence electrons. The van der Waals surface area contributed by atoms with Gasteiger partial charge in [0.2, 0.25) is 6.04 Å². The number of hydrogen-bond acceptors (Lipinski definition) is 6. The standard InChI is InChI=1S/C15H26N2O7/c1-14(2,3)23-9(18)7-8-16-11(19)10(12(20)21)17-13(22)24-15(4,5)6/h10H,7-8H2,1-6H3,(H,16,19)(H,17,22)(H,20,21)/t10-/m1/s1. The van der Waals surface area contributed by atoms with Crippen LogP contribution in [0.5, 0.6) is 0 Å². The Labute approximate surface area is 141 Å². The molecule has 0 saturated heterocycles. The molecule has 0 saturated carbocycles. The lowest BCUT2D eigenvalue weighted by atomic mass is 10.2. The van der Waals surface area contributed by atoms with Gasteiger partial charge in [0, 0.05) is 6.54 Å². The van der Waals surface area contributed by atoms with Crippen molar-refractivity contribution in [2.75, 3.05) is 6.54 Å². The van der Waals surface area contributed by atoms with Crippen LogP contribution in [0.4, 0.5) is 4.79 Å². The number of aliphatic carboxylic acids is 1. The second kappa shape index (κ2) is 8.51. The highest BCUT2D eigenvalue weighted by Gasteiger charge is 2.30. The SMILES string of the molecule is CC(C)(C)OC(=O)CCNC(=O)[C@@H](NC(=O)OC(C)(C)C)C(=O)O. The lowest BCUT2D eigenvalue weighted by molar-refractivity contribution is -0.154. The van der Waals surface area contributed by atoms with Crippen molar-refractivity contribution in [2.45, 2.75) is 65.2 Å². The van der Waals surface area contributed by atoms with Crippen molar-refractivity contribution in [1.29, 1.82) is 0 Å². The molecular weight excluding hydrogens is 320 g/mol. The van der Waals surface area contributed by atoms with E-state index in [1.54, 1.807) is 41.5 Å². The fraction of sp³-hybridized carbons (Fsp3) is 0.733. The summed E-state index contributed by atoms with van der Waals surface area (Å²) in [5.41, 5.74) is -1.48. The van der Waals surface area contributed by atoms with Crippen molar-refractivity contribution in [2.24, 2.45) is 0 Å². The van der Waals surface area contributed by atoms with Gasteiger partial charge in [-0.25, -0.2) is 9.59 Å². The van der Waals surface area contributed by atoms with E-state index in [0.717, 1.165) is 0 Å². The van der Waals surface area contributed by atoms with Crippen LogP contribution in [0.25, 0.3) is 0 Å². The normalized spacial score (nSPS) is 12.8. The van der Waals surface area contributed by atoms with E-state index in [4.69, 9.17) is 14.6 Å². The summed E-state index contributed by atoms with van der Waals surface area (Å²) in [6.07, 6.45) is -1.15. The molecule has 0 radical (unpaired) electrons. The molecule has 0 aliphatic carbocycles. The van der Waals surface area contributed by atoms with Crippen molar-refractivity contribution in [3.63, 3.8) is 0 Å². The van der Waals surface area contributed by atoms with Crippen LogP contribution >= 0.6 is 0 Å². The average molecular weight is 346 g/mol. The molecule has 0 fully saturated rings. The molecule has 0 aromatic heterocycles. The zero-order valence-electron chi connectivity index (χ0n) is 14.9. The molecule has 1 atom stereocenters. The number of carbonyl (C=O) groups excluding carboxylic acids is 3. The lowest BCUT2D eigenvalue weighted by Gasteiger charge is -2.22. The summed E-state index contributed by atoms with van der Waals surface area (Å²) in [5.74, 6) is -3.04. The first-order valence-electron chi connectivity index (χ1n) is 7.43. The van der Waals surface area contributed by atoms with E-state index in [9.17, 15) is 19.2 Å². The van der Waals surface area contributed by atoms with Crippen LogP contribution in [0.15, 0.2) is 0 Å². The third-order valence-corrected chi connectivity index (χ3v) is 2.22. The van der Waals surface area contributed by atoms with Crippen LogP contribution in [0.2, 0.25) is 0 Å². The minimum Gasteiger partial charge on any atom is -0.479 e. The molecule has 0 aromatic carbocycles. The number of rotatable bonds is 6. The van der Waals surface area contributed by atoms with Gasteiger partial charge in [0.1, 0.15) is 11.2 Å². The molecule has 0 rings (SSSR count). The third kappa shape index (κ3) is 10.4.